The minimum atomic E-state index is -0.799. The number of nitrogens with zero attached hydrogens (tertiary/aromatic N) is 3. The van der Waals surface area contributed by atoms with Gasteiger partial charge in [-0.2, -0.15) is 5.10 Å². The highest BCUT2D eigenvalue weighted by Crippen LogP contribution is 2.32. The molecule has 4 rings (SSSR count). The highest BCUT2D eigenvalue weighted by Gasteiger charge is 2.18. The number of carbonyl (C=O) groups excluding carboxylic acids is 2. The van der Waals surface area contributed by atoms with Gasteiger partial charge in [-0.15, -0.1) is 0 Å². The van der Waals surface area contributed by atoms with Crippen molar-refractivity contribution in [2.75, 3.05) is 13.4 Å². The summed E-state index contributed by atoms with van der Waals surface area (Å²) in [4.78, 5) is 28.8. The lowest BCUT2D eigenvalue weighted by molar-refractivity contribution is -0.124. The number of benzene rings is 1. The Bertz CT molecular complexity index is 1160. The van der Waals surface area contributed by atoms with Crippen molar-refractivity contribution in [1.29, 1.82) is 0 Å². The van der Waals surface area contributed by atoms with E-state index < -0.39 is 18.5 Å². The van der Waals surface area contributed by atoms with E-state index in [1.165, 1.54) is 6.07 Å². The molecule has 10 heteroatoms. The summed E-state index contributed by atoms with van der Waals surface area (Å²) in [6.45, 7) is 3.69. The number of pyridine rings is 1. The fourth-order valence-corrected chi connectivity index (χ4v) is 3.24. The summed E-state index contributed by atoms with van der Waals surface area (Å²) < 4.78 is 17.2. The van der Waals surface area contributed by atoms with Crippen LogP contribution < -0.4 is 14.8 Å². The van der Waals surface area contributed by atoms with Gasteiger partial charge in [0.2, 0.25) is 6.79 Å². The Kier molecular flexibility index (Phi) is 5.77. The topological polar surface area (TPSA) is 105 Å². The SMILES string of the molecule is Cc1cc(C)n(-c2ccc(Cl)c(C(=O)OCC(=O)NCc3ccc4c(c3)OCO4)n2)n1. The van der Waals surface area contributed by atoms with E-state index in [1.807, 2.05) is 26.0 Å². The number of carbonyl (C=O) groups is 2. The molecule has 2 aromatic heterocycles. The van der Waals surface area contributed by atoms with Crippen molar-refractivity contribution < 1.29 is 23.8 Å². The third kappa shape index (κ3) is 4.61. The normalized spacial score (nSPS) is 12.0. The van der Waals surface area contributed by atoms with Gasteiger partial charge in [0.25, 0.3) is 5.91 Å². The number of nitrogens with one attached hydrogen (secondary N) is 1. The molecule has 0 spiro atoms. The molecule has 1 amide bonds. The molecule has 1 aliphatic heterocycles. The summed E-state index contributed by atoms with van der Waals surface area (Å²) in [5.41, 5.74) is 2.41. The maximum atomic E-state index is 12.4. The van der Waals surface area contributed by atoms with Gasteiger partial charge in [-0.05, 0) is 49.7 Å². The van der Waals surface area contributed by atoms with Crippen LogP contribution in [0.2, 0.25) is 5.02 Å². The van der Waals surface area contributed by atoms with Gasteiger partial charge >= 0.3 is 5.97 Å². The Balaban J connectivity index is 1.35. The van der Waals surface area contributed by atoms with Crippen LogP contribution >= 0.6 is 11.6 Å². The van der Waals surface area contributed by atoms with Crippen LogP contribution in [0.1, 0.15) is 27.4 Å². The van der Waals surface area contributed by atoms with E-state index in [0.29, 0.717) is 17.3 Å². The summed E-state index contributed by atoms with van der Waals surface area (Å²) in [5.74, 6) is 0.454. The zero-order valence-corrected chi connectivity index (χ0v) is 17.6. The van der Waals surface area contributed by atoms with Gasteiger partial charge < -0.3 is 19.5 Å². The summed E-state index contributed by atoms with van der Waals surface area (Å²) >= 11 is 6.11. The summed E-state index contributed by atoms with van der Waals surface area (Å²) in [5, 5.41) is 7.14. The van der Waals surface area contributed by atoms with Gasteiger partial charge in [-0.3, -0.25) is 4.79 Å². The first kappa shape index (κ1) is 20.7. The first-order valence-electron chi connectivity index (χ1n) is 9.43. The van der Waals surface area contributed by atoms with Crippen molar-refractivity contribution in [3.05, 3.63) is 64.1 Å². The number of aryl methyl sites for hydroxylation is 2. The maximum Gasteiger partial charge on any atom is 0.359 e. The number of fused-ring (bicyclic) bond motifs is 1. The number of hydrogen-bond donors (Lipinski definition) is 1. The third-order valence-electron chi connectivity index (χ3n) is 4.51. The molecule has 0 fully saturated rings. The molecule has 9 nitrogen and oxygen atoms in total. The molecule has 3 heterocycles. The molecule has 1 N–H and O–H groups in total. The summed E-state index contributed by atoms with van der Waals surface area (Å²) in [6.07, 6.45) is 0. The minimum absolute atomic E-state index is 0.0877. The zero-order chi connectivity index (χ0) is 22.0. The van der Waals surface area contributed by atoms with E-state index in [-0.39, 0.29) is 24.1 Å². The molecule has 160 valence electrons. The van der Waals surface area contributed by atoms with E-state index in [9.17, 15) is 9.59 Å². The summed E-state index contributed by atoms with van der Waals surface area (Å²) in [6, 6.07) is 10.4. The number of esters is 1. The van der Waals surface area contributed by atoms with Gasteiger partial charge in [0.05, 0.1) is 10.7 Å². The number of ether oxygens (including phenoxy) is 3. The highest BCUT2D eigenvalue weighted by atomic mass is 35.5. The molecule has 0 radical (unpaired) electrons. The van der Waals surface area contributed by atoms with Crippen molar-refractivity contribution in [2.45, 2.75) is 20.4 Å². The predicted molar refractivity (Wildman–Crippen MR) is 111 cm³/mol. The lowest BCUT2D eigenvalue weighted by atomic mass is 10.2. The molecule has 0 saturated heterocycles. The Morgan fingerprint density at radius 1 is 1.16 bits per heavy atom. The van der Waals surface area contributed by atoms with Crippen LogP contribution in [0.4, 0.5) is 0 Å². The second kappa shape index (κ2) is 8.65. The van der Waals surface area contributed by atoms with E-state index in [0.717, 1.165) is 17.0 Å². The van der Waals surface area contributed by atoms with Crippen LogP contribution in [0.3, 0.4) is 0 Å². The fraction of sp³-hybridized carbons (Fsp3) is 0.238. The minimum Gasteiger partial charge on any atom is -0.454 e. The highest BCUT2D eigenvalue weighted by molar-refractivity contribution is 6.33. The predicted octanol–water partition coefficient (Wildman–Crippen LogP) is 2.74. The second-order valence-corrected chi connectivity index (χ2v) is 7.29. The quantitative estimate of drug-likeness (QED) is 0.585. The van der Waals surface area contributed by atoms with Crippen LogP contribution in [-0.4, -0.2) is 40.0 Å². The van der Waals surface area contributed by atoms with Crippen molar-refractivity contribution in [2.24, 2.45) is 0 Å². The van der Waals surface area contributed by atoms with E-state index in [2.05, 4.69) is 15.4 Å². The van der Waals surface area contributed by atoms with Crippen molar-refractivity contribution in [1.82, 2.24) is 20.1 Å². The molecule has 1 aromatic carbocycles. The zero-order valence-electron chi connectivity index (χ0n) is 16.8. The van der Waals surface area contributed by atoms with Crippen LogP contribution in [0.5, 0.6) is 11.5 Å². The largest absolute Gasteiger partial charge is 0.454 e. The molecular formula is C21H19ClN4O5. The number of aromatic nitrogens is 3. The average molecular weight is 443 g/mol. The van der Waals surface area contributed by atoms with Crippen molar-refractivity contribution in [3.63, 3.8) is 0 Å². The molecular weight excluding hydrogens is 424 g/mol. The van der Waals surface area contributed by atoms with Gasteiger partial charge in [-0.1, -0.05) is 17.7 Å². The Labute approximate surface area is 182 Å². The van der Waals surface area contributed by atoms with Gasteiger partial charge in [-0.25, -0.2) is 14.5 Å². The Morgan fingerprint density at radius 2 is 1.97 bits per heavy atom. The molecule has 31 heavy (non-hydrogen) atoms. The molecule has 0 atom stereocenters. The maximum absolute atomic E-state index is 12.4. The van der Waals surface area contributed by atoms with Crippen molar-refractivity contribution >= 4 is 23.5 Å². The number of rotatable bonds is 6. The molecule has 0 bridgehead atoms. The molecule has 0 saturated carbocycles. The van der Waals surface area contributed by atoms with Crippen molar-refractivity contribution in [3.8, 4) is 17.3 Å². The van der Waals surface area contributed by atoms with Gasteiger partial charge in [0, 0.05) is 12.2 Å². The molecule has 0 aliphatic carbocycles. The third-order valence-corrected chi connectivity index (χ3v) is 4.82. The second-order valence-electron chi connectivity index (χ2n) is 6.88. The number of hydrogen-bond acceptors (Lipinski definition) is 7. The number of amides is 1. The van der Waals surface area contributed by atoms with E-state index in [4.69, 9.17) is 25.8 Å². The van der Waals surface area contributed by atoms with Crippen LogP contribution in [0.25, 0.3) is 5.82 Å². The number of halogens is 1. The lowest BCUT2D eigenvalue weighted by Crippen LogP contribution is -2.28. The average Bonchev–Trinajstić information content (AvgIpc) is 3.35. The smallest absolute Gasteiger partial charge is 0.359 e. The van der Waals surface area contributed by atoms with Crippen LogP contribution in [0, 0.1) is 13.8 Å². The van der Waals surface area contributed by atoms with Gasteiger partial charge in [0.1, 0.15) is 0 Å². The summed E-state index contributed by atoms with van der Waals surface area (Å²) in [7, 11) is 0. The Morgan fingerprint density at radius 3 is 2.74 bits per heavy atom. The molecule has 1 aliphatic rings. The fourth-order valence-electron chi connectivity index (χ4n) is 3.06. The molecule has 0 unspecified atom stereocenters. The van der Waals surface area contributed by atoms with Crippen LogP contribution in [-0.2, 0) is 16.1 Å². The van der Waals surface area contributed by atoms with E-state index in [1.54, 1.807) is 22.9 Å². The van der Waals surface area contributed by atoms with Gasteiger partial charge in [0.15, 0.2) is 29.6 Å². The first-order chi connectivity index (χ1) is 14.9. The standard InChI is InChI=1S/C21H19ClN4O5/c1-12-7-13(2)26(25-12)18-6-4-15(22)20(24-18)21(28)29-10-19(27)23-9-14-3-5-16-17(8-14)31-11-30-16/h3-8H,9-11H2,1-2H3,(H,23,27). The molecule has 3 aromatic rings. The van der Waals surface area contributed by atoms with E-state index >= 15 is 0 Å². The Hall–Kier alpha value is -3.59. The lowest BCUT2D eigenvalue weighted by Gasteiger charge is -2.09. The monoisotopic (exact) mass is 442 g/mol. The van der Waals surface area contributed by atoms with Crippen LogP contribution in [0.15, 0.2) is 36.4 Å². The first-order valence-corrected chi connectivity index (χ1v) is 9.81.